The maximum Gasteiger partial charge on any atom is 0.292 e. The van der Waals surface area contributed by atoms with Crippen molar-refractivity contribution < 1.29 is 23.6 Å². The van der Waals surface area contributed by atoms with Gasteiger partial charge in [-0.15, -0.1) is 0 Å². The van der Waals surface area contributed by atoms with Crippen molar-refractivity contribution in [2.45, 2.75) is 38.7 Å². The second kappa shape index (κ2) is 10.6. The Morgan fingerprint density at radius 2 is 1.97 bits per heavy atom. The Hall–Kier alpha value is -2.58. The van der Waals surface area contributed by atoms with Crippen molar-refractivity contribution in [2.75, 3.05) is 39.4 Å². The van der Waals surface area contributed by atoms with Gasteiger partial charge in [0.15, 0.2) is 0 Å². The zero-order chi connectivity index (χ0) is 23.4. The Morgan fingerprint density at radius 3 is 2.67 bits per heavy atom. The van der Waals surface area contributed by atoms with Crippen molar-refractivity contribution in [1.82, 2.24) is 15.0 Å². The van der Waals surface area contributed by atoms with E-state index in [1.165, 1.54) is 0 Å². The van der Waals surface area contributed by atoms with Crippen LogP contribution in [0, 0.1) is 5.92 Å². The fourth-order valence-corrected chi connectivity index (χ4v) is 4.43. The predicted molar refractivity (Wildman–Crippen MR) is 122 cm³/mol. The monoisotopic (exact) mass is 475 g/mol. The first-order valence-corrected chi connectivity index (χ1v) is 11.8. The van der Waals surface area contributed by atoms with E-state index in [1.54, 1.807) is 23.1 Å². The lowest BCUT2D eigenvalue weighted by atomic mass is 9.90. The Balaban J connectivity index is 1.48. The summed E-state index contributed by atoms with van der Waals surface area (Å²) in [6, 6.07) is 8.95. The van der Waals surface area contributed by atoms with Crippen LogP contribution in [0.25, 0.3) is 0 Å². The number of benzene rings is 1. The van der Waals surface area contributed by atoms with E-state index in [9.17, 15) is 9.59 Å². The summed E-state index contributed by atoms with van der Waals surface area (Å²) in [5.41, 5.74) is 0.747. The molecule has 2 fully saturated rings. The molecule has 0 bridgehead atoms. The van der Waals surface area contributed by atoms with Crippen LogP contribution in [0.2, 0.25) is 5.02 Å². The van der Waals surface area contributed by atoms with Gasteiger partial charge in [0.2, 0.25) is 11.7 Å². The molecule has 0 spiro atoms. The highest BCUT2D eigenvalue weighted by Crippen LogP contribution is 2.29. The van der Waals surface area contributed by atoms with Crippen molar-refractivity contribution in [3.05, 3.63) is 46.8 Å². The van der Waals surface area contributed by atoms with Gasteiger partial charge in [0.05, 0.1) is 18.9 Å². The third-order valence-electron chi connectivity index (χ3n) is 6.17. The molecule has 4 rings (SSSR count). The number of aromatic nitrogens is 1. The largest absolute Gasteiger partial charge is 0.490 e. The van der Waals surface area contributed by atoms with Crippen molar-refractivity contribution in [3.8, 4) is 5.75 Å². The van der Waals surface area contributed by atoms with E-state index in [-0.39, 0.29) is 35.5 Å². The Kier molecular flexibility index (Phi) is 7.55. The molecule has 2 saturated heterocycles. The van der Waals surface area contributed by atoms with E-state index in [1.807, 2.05) is 30.9 Å². The molecule has 2 aromatic rings. The van der Waals surface area contributed by atoms with Gasteiger partial charge in [0.1, 0.15) is 11.9 Å². The van der Waals surface area contributed by atoms with Gasteiger partial charge in [-0.05, 0) is 24.1 Å². The van der Waals surface area contributed by atoms with E-state index in [0.29, 0.717) is 63.0 Å². The van der Waals surface area contributed by atoms with Crippen molar-refractivity contribution in [3.63, 3.8) is 0 Å². The fourth-order valence-electron chi connectivity index (χ4n) is 4.25. The summed E-state index contributed by atoms with van der Waals surface area (Å²) >= 11 is 6.12. The molecule has 0 saturated carbocycles. The van der Waals surface area contributed by atoms with Crippen LogP contribution in [-0.4, -0.2) is 72.3 Å². The maximum atomic E-state index is 13.1. The van der Waals surface area contributed by atoms with Crippen molar-refractivity contribution >= 4 is 23.4 Å². The second-order valence-electron chi connectivity index (χ2n) is 8.88. The molecule has 8 nitrogen and oxygen atoms in total. The van der Waals surface area contributed by atoms with Crippen molar-refractivity contribution in [1.29, 1.82) is 0 Å². The van der Waals surface area contributed by atoms with Gasteiger partial charge in [0.25, 0.3) is 5.91 Å². The Morgan fingerprint density at radius 1 is 1.18 bits per heavy atom. The SMILES string of the molecule is CC(C)c1cc(C(=O)N2CC[C@H](Oc3cccc(Cl)c3)[C@@H](CC(=O)N3CCOCC3)C2)on1. The fraction of sp³-hybridized carbons (Fsp3) is 0.542. The van der Waals surface area contributed by atoms with Gasteiger partial charge in [-0.2, -0.15) is 0 Å². The maximum absolute atomic E-state index is 13.1. The van der Waals surface area contributed by atoms with Crippen LogP contribution in [0.4, 0.5) is 0 Å². The van der Waals surface area contributed by atoms with Crippen LogP contribution in [0.1, 0.15) is 48.9 Å². The van der Waals surface area contributed by atoms with Crippen LogP contribution < -0.4 is 4.74 Å². The molecule has 2 atom stereocenters. The smallest absolute Gasteiger partial charge is 0.292 e. The summed E-state index contributed by atoms with van der Waals surface area (Å²) in [6.45, 7) is 7.17. The molecule has 33 heavy (non-hydrogen) atoms. The predicted octanol–water partition coefficient (Wildman–Crippen LogP) is 3.61. The van der Waals surface area contributed by atoms with E-state index in [2.05, 4.69) is 5.16 Å². The Bertz CT molecular complexity index is 973. The molecule has 1 aromatic heterocycles. The summed E-state index contributed by atoms with van der Waals surface area (Å²) in [4.78, 5) is 29.7. The molecule has 178 valence electrons. The number of likely N-dealkylation sites (tertiary alicyclic amines) is 1. The molecular weight excluding hydrogens is 446 g/mol. The highest BCUT2D eigenvalue weighted by atomic mass is 35.5. The number of carbonyl (C=O) groups excluding carboxylic acids is 2. The highest BCUT2D eigenvalue weighted by Gasteiger charge is 2.36. The number of nitrogens with zero attached hydrogens (tertiary/aromatic N) is 3. The first kappa shape index (κ1) is 23.6. The van der Waals surface area contributed by atoms with Crippen LogP contribution in [0.15, 0.2) is 34.9 Å². The molecule has 0 radical (unpaired) electrons. The number of ether oxygens (including phenoxy) is 2. The molecule has 2 aliphatic heterocycles. The van der Waals surface area contributed by atoms with E-state index < -0.39 is 0 Å². The molecule has 0 N–H and O–H groups in total. The molecule has 3 heterocycles. The topological polar surface area (TPSA) is 85.1 Å². The minimum atomic E-state index is -0.210. The molecule has 0 aliphatic carbocycles. The number of halogens is 1. The summed E-state index contributed by atoms with van der Waals surface area (Å²) in [6.07, 6.45) is 0.686. The molecule has 9 heteroatoms. The van der Waals surface area contributed by atoms with Gasteiger partial charge in [0, 0.05) is 56.0 Å². The number of rotatable bonds is 6. The van der Waals surface area contributed by atoms with Gasteiger partial charge < -0.3 is 23.8 Å². The normalized spacial score (nSPS) is 21.3. The number of piperidine rings is 1. The van der Waals surface area contributed by atoms with Gasteiger partial charge in [-0.25, -0.2) is 0 Å². The van der Waals surface area contributed by atoms with Gasteiger partial charge in [-0.3, -0.25) is 9.59 Å². The number of hydrogen-bond donors (Lipinski definition) is 0. The lowest BCUT2D eigenvalue weighted by Gasteiger charge is -2.39. The number of amides is 2. The third kappa shape index (κ3) is 5.86. The molecule has 2 aliphatic rings. The highest BCUT2D eigenvalue weighted by molar-refractivity contribution is 6.30. The summed E-state index contributed by atoms with van der Waals surface area (Å²) in [5, 5.41) is 4.60. The average molecular weight is 476 g/mol. The zero-order valence-corrected chi connectivity index (χ0v) is 19.8. The van der Waals surface area contributed by atoms with Gasteiger partial charge in [-0.1, -0.05) is 36.7 Å². The minimum Gasteiger partial charge on any atom is -0.490 e. The Labute approximate surface area is 198 Å². The molecule has 0 unspecified atom stereocenters. The minimum absolute atomic E-state index is 0.0547. The van der Waals surface area contributed by atoms with Gasteiger partial charge >= 0.3 is 0 Å². The standard InChI is InChI=1S/C24H30ClN3O5/c1-16(2)20-14-22(33-26-20)24(30)28-7-6-21(32-19-5-3-4-18(25)13-19)17(15-28)12-23(29)27-8-10-31-11-9-27/h3-5,13-14,16-17,21H,6-12,15H2,1-2H3/t17-,21-/m0/s1. The number of carbonyl (C=O) groups is 2. The number of morpholine rings is 1. The summed E-state index contributed by atoms with van der Waals surface area (Å²) < 4.78 is 16.9. The summed E-state index contributed by atoms with van der Waals surface area (Å²) in [5.74, 6) is 0.744. The number of hydrogen-bond acceptors (Lipinski definition) is 6. The average Bonchev–Trinajstić information content (AvgIpc) is 3.31. The molecular formula is C24H30ClN3O5. The van der Waals surface area contributed by atoms with Crippen LogP contribution in [0.3, 0.4) is 0 Å². The molecule has 2 amide bonds. The van der Waals surface area contributed by atoms with Crippen molar-refractivity contribution in [2.24, 2.45) is 5.92 Å². The molecule has 1 aromatic carbocycles. The lowest BCUT2D eigenvalue weighted by Crippen LogP contribution is -2.50. The van der Waals surface area contributed by atoms with E-state index in [4.69, 9.17) is 25.6 Å². The third-order valence-corrected chi connectivity index (χ3v) is 6.40. The van der Waals surface area contributed by atoms with Crippen LogP contribution in [0.5, 0.6) is 5.75 Å². The van der Waals surface area contributed by atoms with Crippen LogP contribution in [-0.2, 0) is 9.53 Å². The first-order chi connectivity index (χ1) is 15.9. The first-order valence-electron chi connectivity index (χ1n) is 11.4. The quantitative estimate of drug-likeness (QED) is 0.634. The second-order valence-corrected chi connectivity index (χ2v) is 9.32. The lowest BCUT2D eigenvalue weighted by molar-refractivity contribution is -0.137. The van der Waals surface area contributed by atoms with Crippen LogP contribution >= 0.6 is 11.6 Å². The summed E-state index contributed by atoms with van der Waals surface area (Å²) in [7, 11) is 0. The zero-order valence-electron chi connectivity index (χ0n) is 19.0. The van der Waals surface area contributed by atoms with E-state index in [0.717, 1.165) is 5.69 Å². The van der Waals surface area contributed by atoms with E-state index >= 15 is 0 Å².